The van der Waals surface area contributed by atoms with Crippen molar-refractivity contribution in [1.29, 1.82) is 0 Å². The van der Waals surface area contributed by atoms with Crippen molar-refractivity contribution in [2.24, 2.45) is 11.7 Å². The molecule has 0 aromatic rings. The average Bonchev–Trinajstić information content (AvgIpc) is 2.36. The van der Waals surface area contributed by atoms with Gasteiger partial charge in [0.05, 0.1) is 0 Å². The summed E-state index contributed by atoms with van der Waals surface area (Å²) in [6, 6.07) is 1.11. The lowest BCUT2D eigenvalue weighted by Crippen LogP contribution is -2.37. The van der Waals surface area contributed by atoms with E-state index in [4.69, 9.17) is 5.73 Å². The minimum absolute atomic E-state index is 0.464. The molecular weight excluding hydrogens is 148 g/mol. The molecule has 12 heavy (non-hydrogen) atoms. The van der Waals surface area contributed by atoms with Crippen molar-refractivity contribution < 1.29 is 0 Å². The molecule has 1 rings (SSSR count). The van der Waals surface area contributed by atoms with Gasteiger partial charge in [-0.2, -0.15) is 0 Å². The zero-order chi connectivity index (χ0) is 9.14. The van der Waals surface area contributed by atoms with E-state index in [9.17, 15) is 0 Å². The highest BCUT2D eigenvalue weighted by Gasteiger charge is 2.25. The highest BCUT2D eigenvalue weighted by Crippen LogP contribution is 2.24. The minimum atomic E-state index is 0.464. The molecule has 2 N–H and O–H groups in total. The molecular formula is C10H22N2. The van der Waals surface area contributed by atoms with Gasteiger partial charge in [-0.25, -0.2) is 0 Å². The first-order valence-electron chi connectivity index (χ1n) is 5.07. The normalized spacial score (nSPS) is 30.5. The van der Waals surface area contributed by atoms with Crippen LogP contribution in [0.25, 0.3) is 0 Å². The number of rotatable bonds is 3. The van der Waals surface area contributed by atoms with Gasteiger partial charge in [-0.1, -0.05) is 6.42 Å². The fourth-order valence-electron chi connectivity index (χ4n) is 1.87. The van der Waals surface area contributed by atoms with Gasteiger partial charge in [0.1, 0.15) is 0 Å². The third-order valence-electron chi connectivity index (χ3n) is 3.12. The molecule has 0 aromatic heterocycles. The Balaban J connectivity index is 2.30. The van der Waals surface area contributed by atoms with Crippen molar-refractivity contribution in [3.63, 3.8) is 0 Å². The van der Waals surface area contributed by atoms with Crippen LogP contribution in [-0.4, -0.2) is 30.6 Å². The molecule has 2 heteroatoms. The molecule has 1 aliphatic carbocycles. The van der Waals surface area contributed by atoms with Gasteiger partial charge in [0, 0.05) is 18.6 Å². The van der Waals surface area contributed by atoms with Crippen LogP contribution < -0.4 is 5.73 Å². The fraction of sp³-hybridized carbons (Fsp3) is 1.00. The van der Waals surface area contributed by atoms with E-state index in [0.29, 0.717) is 12.1 Å². The van der Waals surface area contributed by atoms with Crippen LogP contribution in [0, 0.1) is 5.92 Å². The summed E-state index contributed by atoms with van der Waals surface area (Å²) in [5, 5.41) is 0. The summed E-state index contributed by atoms with van der Waals surface area (Å²) in [5.41, 5.74) is 6.00. The second-order valence-electron chi connectivity index (χ2n) is 4.39. The van der Waals surface area contributed by atoms with E-state index in [-0.39, 0.29) is 0 Å². The summed E-state index contributed by atoms with van der Waals surface area (Å²) in [5.74, 6) is 0.748. The Kier molecular flexibility index (Phi) is 3.53. The van der Waals surface area contributed by atoms with E-state index in [1.54, 1.807) is 0 Å². The van der Waals surface area contributed by atoms with Gasteiger partial charge >= 0.3 is 0 Å². The third-order valence-corrected chi connectivity index (χ3v) is 3.12. The van der Waals surface area contributed by atoms with Crippen LogP contribution in [-0.2, 0) is 0 Å². The molecule has 72 valence electrons. The van der Waals surface area contributed by atoms with Crippen molar-refractivity contribution in [3.8, 4) is 0 Å². The Morgan fingerprint density at radius 3 is 2.50 bits per heavy atom. The van der Waals surface area contributed by atoms with Gasteiger partial charge in [-0.3, -0.25) is 0 Å². The quantitative estimate of drug-likeness (QED) is 0.694. The number of nitrogens with zero attached hydrogens (tertiary/aromatic N) is 1. The summed E-state index contributed by atoms with van der Waals surface area (Å²) < 4.78 is 0. The Bertz CT molecular complexity index is 134. The van der Waals surface area contributed by atoms with Crippen LogP contribution in [0.2, 0.25) is 0 Å². The average molecular weight is 170 g/mol. The van der Waals surface area contributed by atoms with E-state index >= 15 is 0 Å². The topological polar surface area (TPSA) is 29.3 Å². The summed E-state index contributed by atoms with van der Waals surface area (Å²) in [6.07, 6.45) is 3.90. The maximum atomic E-state index is 6.00. The van der Waals surface area contributed by atoms with Gasteiger partial charge in [0.25, 0.3) is 0 Å². The van der Waals surface area contributed by atoms with Crippen molar-refractivity contribution in [3.05, 3.63) is 0 Å². The van der Waals surface area contributed by atoms with Gasteiger partial charge in [0.2, 0.25) is 0 Å². The van der Waals surface area contributed by atoms with Crippen molar-refractivity contribution in [1.82, 2.24) is 4.90 Å². The maximum Gasteiger partial charge on any atom is 0.00793 e. The molecule has 0 saturated heterocycles. The summed E-state index contributed by atoms with van der Waals surface area (Å²) in [4.78, 5) is 2.40. The van der Waals surface area contributed by atoms with Gasteiger partial charge in [-0.05, 0) is 39.7 Å². The first kappa shape index (κ1) is 10.0. The second kappa shape index (κ2) is 4.24. The lowest BCUT2D eigenvalue weighted by atomic mass is 10.0. The molecule has 0 heterocycles. The Hall–Kier alpha value is -0.0800. The molecule has 1 saturated carbocycles. The molecule has 2 nitrogen and oxygen atoms in total. The van der Waals surface area contributed by atoms with Gasteiger partial charge in [-0.15, -0.1) is 0 Å². The van der Waals surface area contributed by atoms with Crippen LogP contribution in [0.15, 0.2) is 0 Å². The van der Waals surface area contributed by atoms with E-state index in [2.05, 4.69) is 25.8 Å². The van der Waals surface area contributed by atoms with Crippen LogP contribution in [0.4, 0.5) is 0 Å². The van der Waals surface area contributed by atoms with Crippen LogP contribution in [0.3, 0.4) is 0 Å². The van der Waals surface area contributed by atoms with Gasteiger partial charge < -0.3 is 10.6 Å². The lowest BCUT2D eigenvalue weighted by Gasteiger charge is -2.26. The lowest BCUT2D eigenvalue weighted by molar-refractivity contribution is 0.223. The molecule has 0 aromatic carbocycles. The monoisotopic (exact) mass is 170 g/mol. The summed E-state index contributed by atoms with van der Waals surface area (Å²) in [6.45, 7) is 5.65. The number of hydrogen-bond acceptors (Lipinski definition) is 2. The molecule has 1 aliphatic rings. The first-order valence-corrected chi connectivity index (χ1v) is 5.07. The molecule has 2 atom stereocenters. The fourth-order valence-corrected chi connectivity index (χ4v) is 1.87. The first-order chi connectivity index (χ1) is 5.61. The Morgan fingerprint density at radius 2 is 2.08 bits per heavy atom. The number of hydrogen-bond donors (Lipinski definition) is 1. The Labute approximate surface area is 76.1 Å². The standard InChI is InChI=1S/C10H22N2/c1-8(2)12(3)7-9-5-4-6-10(9)11/h8-10H,4-7,11H2,1-3H3/t9-,10-/m0/s1. The van der Waals surface area contributed by atoms with Crippen molar-refractivity contribution in [2.45, 2.75) is 45.2 Å². The van der Waals surface area contributed by atoms with Crippen molar-refractivity contribution in [2.75, 3.05) is 13.6 Å². The van der Waals surface area contributed by atoms with E-state index in [1.165, 1.54) is 25.8 Å². The smallest absolute Gasteiger partial charge is 0.00793 e. The van der Waals surface area contributed by atoms with E-state index in [0.717, 1.165) is 5.92 Å². The predicted molar refractivity (Wildman–Crippen MR) is 53.1 cm³/mol. The highest BCUT2D eigenvalue weighted by atomic mass is 15.1. The van der Waals surface area contributed by atoms with Crippen LogP contribution >= 0.6 is 0 Å². The molecule has 0 spiro atoms. The molecule has 0 amide bonds. The molecule has 1 fully saturated rings. The van der Waals surface area contributed by atoms with Crippen molar-refractivity contribution >= 4 is 0 Å². The zero-order valence-corrected chi connectivity index (χ0v) is 8.59. The predicted octanol–water partition coefficient (Wildman–Crippen LogP) is 1.45. The summed E-state index contributed by atoms with van der Waals surface area (Å²) in [7, 11) is 2.19. The van der Waals surface area contributed by atoms with Gasteiger partial charge in [0.15, 0.2) is 0 Å². The van der Waals surface area contributed by atoms with Crippen LogP contribution in [0.5, 0.6) is 0 Å². The highest BCUT2D eigenvalue weighted by molar-refractivity contribution is 4.82. The molecule has 0 radical (unpaired) electrons. The largest absolute Gasteiger partial charge is 0.327 e. The van der Waals surface area contributed by atoms with E-state index < -0.39 is 0 Å². The molecule has 0 aliphatic heterocycles. The van der Waals surface area contributed by atoms with Crippen LogP contribution in [0.1, 0.15) is 33.1 Å². The minimum Gasteiger partial charge on any atom is -0.327 e. The maximum absolute atomic E-state index is 6.00. The molecule has 0 unspecified atom stereocenters. The second-order valence-corrected chi connectivity index (χ2v) is 4.39. The third kappa shape index (κ3) is 2.46. The van der Waals surface area contributed by atoms with E-state index in [1.807, 2.05) is 0 Å². The zero-order valence-electron chi connectivity index (χ0n) is 8.59. The molecule has 0 bridgehead atoms. The summed E-state index contributed by atoms with van der Waals surface area (Å²) >= 11 is 0. The Morgan fingerprint density at radius 1 is 1.42 bits per heavy atom. The SMILES string of the molecule is CC(C)N(C)C[C@@H]1CCC[C@@H]1N. The number of nitrogens with two attached hydrogens (primary N) is 1.